The van der Waals surface area contributed by atoms with Crippen LogP contribution in [0.5, 0.6) is 5.75 Å². The number of para-hydroxylation sites is 1. The lowest BCUT2D eigenvalue weighted by atomic mass is 10.0. The zero-order valence-electron chi connectivity index (χ0n) is 10.5. The van der Waals surface area contributed by atoms with Gasteiger partial charge >= 0.3 is 0 Å². The first-order valence-corrected chi connectivity index (χ1v) is 7.02. The number of rotatable bonds is 3. The molecule has 3 aromatic rings. The quantitative estimate of drug-likeness (QED) is 0.661. The van der Waals surface area contributed by atoms with Crippen LogP contribution in [0.4, 0.5) is 0 Å². The number of benzene rings is 2. The molecule has 0 bridgehead atoms. The lowest BCUT2D eigenvalue weighted by molar-refractivity contribution is 0.477. The molecule has 3 rings (SSSR count). The van der Waals surface area contributed by atoms with Crippen LogP contribution in [0.1, 0.15) is 5.56 Å². The van der Waals surface area contributed by atoms with Gasteiger partial charge in [0.1, 0.15) is 5.75 Å². The van der Waals surface area contributed by atoms with E-state index in [9.17, 15) is 5.11 Å². The average Bonchev–Trinajstić information content (AvgIpc) is 2.79. The molecule has 0 aliphatic rings. The van der Waals surface area contributed by atoms with Gasteiger partial charge in [0.2, 0.25) is 0 Å². The van der Waals surface area contributed by atoms with Crippen LogP contribution >= 0.6 is 11.3 Å². The Morgan fingerprint density at radius 1 is 1.05 bits per heavy atom. The van der Waals surface area contributed by atoms with Crippen molar-refractivity contribution in [2.75, 3.05) is 0 Å². The molecule has 1 nitrogen and oxygen atoms in total. The summed E-state index contributed by atoms with van der Waals surface area (Å²) in [6.45, 7) is 3.84. The van der Waals surface area contributed by atoms with Crippen molar-refractivity contribution in [1.29, 1.82) is 0 Å². The number of hydrogen-bond donors (Lipinski definition) is 1. The number of phenolic OH excluding ortho intramolecular Hbond substituents is 1. The number of fused-ring (bicyclic) bond motifs is 1. The molecule has 0 radical (unpaired) electrons. The van der Waals surface area contributed by atoms with Crippen LogP contribution in [0.15, 0.2) is 61.2 Å². The lowest BCUT2D eigenvalue weighted by Gasteiger charge is -2.04. The highest BCUT2D eigenvalue weighted by Crippen LogP contribution is 2.42. The van der Waals surface area contributed by atoms with E-state index in [0.717, 1.165) is 16.9 Å². The fourth-order valence-corrected chi connectivity index (χ4v) is 3.60. The van der Waals surface area contributed by atoms with Crippen molar-refractivity contribution >= 4 is 21.4 Å². The largest absolute Gasteiger partial charge is 0.507 e. The standard InChI is InChI=1S/C17H14OS/c1-2-7-13-12-8-4-6-11-16(12)19-17(13)14-9-3-5-10-15(14)18/h2-6,8-11,18H,1,7H2. The summed E-state index contributed by atoms with van der Waals surface area (Å²) >= 11 is 1.72. The van der Waals surface area contributed by atoms with Gasteiger partial charge in [0.25, 0.3) is 0 Å². The van der Waals surface area contributed by atoms with Crippen molar-refractivity contribution in [3.8, 4) is 16.2 Å². The number of phenols is 1. The van der Waals surface area contributed by atoms with Gasteiger partial charge < -0.3 is 5.11 Å². The minimum absolute atomic E-state index is 0.333. The van der Waals surface area contributed by atoms with Crippen LogP contribution in [-0.4, -0.2) is 5.11 Å². The number of allylic oxidation sites excluding steroid dienone is 1. The molecule has 94 valence electrons. The summed E-state index contributed by atoms with van der Waals surface area (Å²) < 4.78 is 1.25. The van der Waals surface area contributed by atoms with Crippen molar-refractivity contribution in [2.45, 2.75) is 6.42 Å². The van der Waals surface area contributed by atoms with Gasteiger partial charge in [0.05, 0.1) is 0 Å². The summed E-state index contributed by atoms with van der Waals surface area (Å²) in [5.41, 5.74) is 2.15. The topological polar surface area (TPSA) is 20.2 Å². The molecule has 2 heteroatoms. The minimum atomic E-state index is 0.333. The highest BCUT2D eigenvalue weighted by Gasteiger charge is 2.14. The Labute approximate surface area is 116 Å². The van der Waals surface area contributed by atoms with E-state index in [1.807, 2.05) is 30.3 Å². The number of hydrogen-bond acceptors (Lipinski definition) is 2. The second kappa shape index (κ2) is 4.90. The summed E-state index contributed by atoms with van der Waals surface area (Å²) in [5, 5.41) is 11.3. The van der Waals surface area contributed by atoms with Crippen LogP contribution in [0.2, 0.25) is 0 Å². The van der Waals surface area contributed by atoms with Crippen molar-refractivity contribution < 1.29 is 5.11 Å². The molecule has 1 N–H and O–H groups in total. The molecule has 0 unspecified atom stereocenters. The predicted octanol–water partition coefficient (Wildman–Crippen LogP) is 5.00. The van der Waals surface area contributed by atoms with E-state index in [1.165, 1.54) is 15.6 Å². The van der Waals surface area contributed by atoms with Crippen LogP contribution in [-0.2, 0) is 6.42 Å². The van der Waals surface area contributed by atoms with Gasteiger partial charge in [-0.25, -0.2) is 0 Å². The van der Waals surface area contributed by atoms with Gasteiger partial charge in [-0.1, -0.05) is 36.4 Å². The molecule has 0 saturated heterocycles. The average molecular weight is 266 g/mol. The van der Waals surface area contributed by atoms with Crippen LogP contribution in [0.25, 0.3) is 20.5 Å². The van der Waals surface area contributed by atoms with Crippen LogP contribution in [0.3, 0.4) is 0 Å². The first-order valence-electron chi connectivity index (χ1n) is 6.21. The Morgan fingerprint density at radius 2 is 1.79 bits per heavy atom. The molecular weight excluding hydrogens is 252 g/mol. The van der Waals surface area contributed by atoms with E-state index < -0.39 is 0 Å². The molecule has 19 heavy (non-hydrogen) atoms. The summed E-state index contributed by atoms with van der Waals surface area (Å²) in [6, 6.07) is 15.9. The summed E-state index contributed by atoms with van der Waals surface area (Å²) in [6.07, 6.45) is 2.73. The maximum Gasteiger partial charge on any atom is 0.124 e. The van der Waals surface area contributed by atoms with Crippen molar-refractivity contribution in [3.05, 3.63) is 66.7 Å². The van der Waals surface area contributed by atoms with Gasteiger partial charge in [-0.05, 0) is 35.6 Å². The van der Waals surface area contributed by atoms with Crippen LogP contribution < -0.4 is 0 Å². The fraction of sp³-hybridized carbons (Fsp3) is 0.0588. The van der Waals surface area contributed by atoms with Gasteiger partial charge in [-0.15, -0.1) is 17.9 Å². The lowest BCUT2D eigenvalue weighted by Crippen LogP contribution is -1.83. The van der Waals surface area contributed by atoms with Crippen molar-refractivity contribution in [2.24, 2.45) is 0 Å². The molecule has 0 atom stereocenters. The zero-order valence-corrected chi connectivity index (χ0v) is 11.3. The second-order valence-corrected chi connectivity index (χ2v) is 5.47. The van der Waals surface area contributed by atoms with E-state index in [2.05, 4.69) is 24.8 Å². The zero-order chi connectivity index (χ0) is 13.2. The molecule has 0 amide bonds. The van der Waals surface area contributed by atoms with E-state index >= 15 is 0 Å². The molecule has 0 spiro atoms. The SMILES string of the molecule is C=CCc1c(-c2ccccc2O)sc2ccccc12. The Bertz CT molecular complexity index is 740. The third-order valence-electron chi connectivity index (χ3n) is 3.20. The van der Waals surface area contributed by atoms with Gasteiger partial charge in [-0.3, -0.25) is 0 Å². The van der Waals surface area contributed by atoms with E-state index in [0.29, 0.717) is 5.75 Å². The van der Waals surface area contributed by atoms with Gasteiger partial charge in [-0.2, -0.15) is 0 Å². The molecule has 0 fully saturated rings. The van der Waals surface area contributed by atoms with Crippen LogP contribution in [0, 0.1) is 0 Å². The molecule has 1 heterocycles. The number of aromatic hydroxyl groups is 1. The third-order valence-corrected chi connectivity index (χ3v) is 4.44. The number of thiophene rings is 1. The Hall–Kier alpha value is -2.06. The summed E-state index contributed by atoms with van der Waals surface area (Å²) in [7, 11) is 0. The van der Waals surface area contributed by atoms with E-state index in [1.54, 1.807) is 17.4 Å². The fourth-order valence-electron chi connectivity index (χ4n) is 2.33. The Balaban J connectivity index is 2.31. The van der Waals surface area contributed by atoms with Crippen molar-refractivity contribution in [3.63, 3.8) is 0 Å². The third kappa shape index (κ3) is 2.04. The highest BCUT2D eigenvalue weighted by molar-refractivity contribution is 7.22. The molecule has 0 saturated carbocycles. The molecule has 1 aromatic heterocycles. The van der Waals surface area contributed by atoms with Gasteiger partial charge in [0.15, 0.2) is 0 Å². The summed E-state index contributed by atoms with van der Waals surface area (Å²) in [4.78, 5) is 1.14. The molecule has 0 aliphatic carbocycles. The molecule has 0 aliphatic heterocycles. The maximum atomic E-state index is 10.1. The normalized spacial score (nSPS) is 10.7. The van der Waals surface area contributed by atoms with E-state index in [4.69, 9.17) is 0 Å². The van der Waals surface area contributed by atoms with Gasteiger partial charge in [0, 0.05) is 15.1 Å². The smallest absolute Gasteiger partial charge is 0.124 e. The molecular formula is C17H14OS. The Morgan fingerprint density at radius 3 is 2.58 bits per heavy atom. The predicted molar refractivity (Wildman–Crippen MR) is 82.8 cm³/mol. The minimum Gasteiger partial charge on any atom is -0.507 e. The maximum absolute atomic E-state index is 10.1. The Kier molecular flexibility index (Phi) is 3.10. The first-order chi connectivity index (χ1) is 9.31. The van der Waals surface area contributed by atoms with E-state index in [-0.39, 0.29) is 0 Å². The summed E-state index contributed by atoms with van der Waals surface area (Å²) in [5.74, 6) is 0.333. The van der Waals surface area contributed by atoms with Crippen molar-refractivity contribution in [1.82, 2.24) is 0 Å². The highest BCUT2D eigenvalue weighted by atomic mass is 32.1. The first kappa shape index (κ1) is 12.0. The monoisotopic (exact) mass is 266 g/mol. The second-order valence-electron chi connectivity index (χ2n) is 4.42. The molecule has 2 aromatic carbocycles.